The predicted molar refractivity (Wildman–Crippen MR) is 78.8 cm³/mol. The summed E-state index contributed by atoms with van der Waals surface area (Å²) in [6, 6.07) is 1.09. The molecule has 1 atom stereocenters. The average Bonchev–Trinajstić information content (AvgIpc) is 3.05. The monoisotopic (exact) mass is 380 g/mol. The summed E-state index contributed by atoms with van der Waals surface area (Å²) in [7, 11) is -3.81. The van der Waals surface area contributed by atoms with Crippen LogP contribution in [0.2, 0.25) is 0 Å². The summed E-state index contributed by atoms with van der Waals surface area (Å²) in [4.78, 5) is 12.8. The average molecular weight is 381 g/mol. The lowest BCUT2D eigenvalue weighted by atomic mass is 10.3. The van der Waals surface area contributed by atoms with Crippen LogP contribution in [0, 0.1) is 0 Å². The Morgan fingerprint density at radius 3 is 2.67 bits per heavy atom. The molecule has 0 spiro atoms. The number of aromatic carboxylic acids is 1. The van der Waals surface area contributed by atoms with Gasteiger partial charge in [-0.25, -0.2) is 17.9 Å². The molecule has 118 valence electrons. The van der Waals surface area contributed by atoms with E-state index in [1.54, 1.807) is 0 Å². The molecule has 9 heteroatoms. The van der Waals surface area contributed by atoms with Crippen molar-refractivity contribution in [2.75, 3.05) is 19.6 Å². The summed E-state index contributed by atoms with van der Waals surface area (Å²) in [6.07, 6.45) is 2.26. The van der Waals surface area contributed by atoms with E-state index in [-0.39, 0.29) is 22.2 Å². The van der Waals surface area contributed by atoms with Crippen molar-refractivity contribution < 1.29 is 22.7 Å². The van der Waals surface area contributed by atoms with Crippen molar-refractivity contribution in [2.45, 2.75) is 30.7 Å². The zero-order chi connectivity index (χ0) is 15.6. The maximum Gasteiger partial charge on any atom is 0.371 e. The number of rotatable bonds is 6. The molecular weight excluding hydrogens is 364 g/mol. The highest BCUT2D eigenvalue weighted by atomic mass is 79.9. The van der Waals surface area contributed by atoms with Gasteiger partial charge in [0.05, 0.1) is 0 Å². The summed E-state index contributed by atoms with van der Waals surface area (Å²) < 4.78 is 31.6. The fourth-order valence-electron chi connectivity index (χ4n) is 2.26. The summed E-state index contributed by atoms with van der Waals surface area (Å²) in [6.45, 7) is 4.17. The Balaban J connectivity index is 2.06. The Morgan fingerprint density at radius 2 is 2.14 bits per heavy atom. The molecule has 0 saturated carbocycles. The first-order chi connectivity index (χ1) is 9.81. The van der Waals surface area contributed by atoms with Crippen LogP contribution in [0.4, 0.5) is 0 Å². The molecule has 1 fully saturated rings. The molecule has 1 saturated heterocycles. The number of halogens is 1. The van der Waals surface area contributed by atoms with E-state index in [9.17, 15) is 13.2 Å². The molecule has 1 aromatic rings. The number of hydrogen-bond donors (Lipinski definition) is 2. The third-order valence-electron chi connectivity index (χ3n) is 3.49. The molecule has 7 nitrogen and oxygen atoms in total. The van der Waals surface area contributed by atoms with Crippen LogP contribution in [0.5, 0.6) is 0 Å². The fraction of sp³-hybridized carbons (Fsp3) is 0.583. The van der Waals surface area contributed by atoms with Gasteiger partial charge < -0.3 is 9.52 Å². The highest BCUT2D eigenvalue weighted by molar-refractivity contribution is 9.10. The van der Waals surface area contributed by atoms with E-state index in [2.05, 4.69) is 25.6 Å². The smallest absolute Gasteiger partial charge is 0.371 e. The summed E-state index contributed by atoms with van der Waals surface area (Å²) in [5.74, 6) is -1.74. The predicted octanol–water partition coefficient (Wildman–Crippen LogP) is 1.50. The van der Waals surface area contributed by atoms with Gasteiger partial charge in [0, 0.05) is 18.7 Å². The molecule has 2 rings (SSSR count). The quantitative estimate of drug-likeness (QED) is 0.775. The highest BCUT2D eigenvalue weighted by Crippen LogP contribution is 2.26. The first-order valence-corrected chi connectivity index (χ1v) is 8.85. The number of carboxylic acid groups (broad SMARTS) is 1. The Hall–Kier alpha value is -0.900. The zero-order valence-corrected chi connectivity index (χ0v) is 13.9. The number of carboxylic acids is 1. The minimum absolute atomic E-state index is 0.0897. The van der Waals surface area contributed by atoms with E-state index in [4.69, 9.17) is 9.52 Å². The van der Waals surface area contributed by atoms with Crippen molar-refractivity contribution in [1.82, 2.24) is 9.62 Å². The van der Waals surface area contributed by atoms with Crippen molar-refractivity contribution in [3.05, 3.63) is 16.5 Å². The summed E-state index contributed by atoms with van der Waals surface area (Å²) >= 11 is 2.93. The standard InChI is InChI=1S/C12H17BrN2O5S/c1-8(15-4-2-3-5-15)7-14-21(18,19)10-6-9(12(16)17)20-11(10)13/h6,8,14H,2-5,7H2,1H3,(H,16,17). The maximum atomic E-state index is 12.2. The molecular formula is C12H17BrN2O5S. The minimum atomic E-state index is -3.81. The van der Waals surface area contributed by atoms with Gasteiger partial charge in [0.15, 0.2) is 4.67 Å². The largest absolute Gasteiger partial charge is 0.475 e. The van der Waals surface area contributed by atoms with Crippen LogP contribution in [-0.4, -0.2) is 50.1 Å². The molecule has 1 aliphatic rings. The van der Waals surface area contributed by atoms with Gasteiger partial charge in [-0.3, -0.25) is 4.90 Å². The third-order valence-corrected chi connectivity index (χ3v) is 5.77. The molecule has 0 aromatic carbocycles. The third kappa shape index (κ3) is 3.85. The van der Waals surface area contributed by atoms with Crippen LogP contribution in [0.15, 0.2) is 20.0 Å². The van der Waals surface area contributed by atoms with Crippen molar-refractivity contribution >= 4 is 31.9 Å². The molecule has 1 unspecified atom stereocenters. The van der Waals surface area contributed by atoms with Crippen LogP contribution < -0.4 is 4.72 Å². The number of sulfonamides is 1. The van der Waals surface area contributed by atoms with Crippen molar-refractivity contribution in [1.29, 1.82) is 0 Å². The summed E-state index contributed by atoms with van der Waals surface area (Å²) in [5.41, 5.74) is 0. The Labute approximate surface area is 131 Å². The second-order valence-corrected chi connectivity index (χ2v) is 7.45. The van der Waals surface area contributed by atoms with E-state index in [1.807, 2.05) is 6.92 Å². The van der Waals surface area contributed by atoms with Crippen LogP contribution in [-0.2, 0) is 10.0 Å². The van der Waals surface area contributed by atoms with Gasteiger partial charge in [-0.05, 0) is 48.8 Å². The molecule has 2 heterocycles. The van der Waals surface area contributed by atoms with Gasteiger partial charge in [0.1, 0.15) is 4.90 Å². The Bertz CT molecular complexity index is 622. The summed E-state index contributed by atoms with van der Waals surface area (Å²) in [5, 5.41) is 8.81. The van der Waals surface area contributed by atoms with Crippen LogP contribution in [0.3, 0.4) is 0 Å². The Kier molecular flexibility index (Phi) is 5.07. The van der Waals surface area contributed by atoms with E-state index in [1.165, 1.54) is 0 Å². The molecule has 0 amide bonds. The molecule has 21 heavy (non-hydrogen) atoms. The number of hydrogen-bond acceptors (Lipinski definition) is 5. The van der Waals surface area contributed by atoms with Crippen LogP contribution in [0.25, 0.3) is 0 Å². The first-order valence-electron chi connectivity index (χ1n) is 6.57. The second-order valence-electron chi connectivity index (χ2n) is 5.00. The van der Waals surface area contributed by atoms with Gasteiger partial charge in [-0.2, -0.15) is 0 Å². The van der Waals surface area contributed by atoms with Crippen LogP contribution in [0.1, 0.15) is 30.3 Å². The molecule has 2 N–H and O–H groups in total. The number of nitrogens with one attached hydrogen (secondary N) is 1. The molecule has 1 aliphatic heterocycles. The van der Waals surface area contributed by atoms with Gasteiger partial charge in [0.25, 0.3) is 0 Å². The van der Waals surface area contributed by atoms with Crippen LogP contribution >= 0.6 is 15.9 Å². The van der Waals surface area contributed by atoms with E-state index < -0.39 is 21.8 Å². The lowest BCUT2D eigenvalue weighted by Gasteiger charge is -2.23. The number of carbonyl (C=O) groups is 1. The number of furan rings is 1. The topological polar surface area (TPSA) is 99.8 Å². The normalized spacial score (nSPS) is 18.0. The first kappa shape index (κ1) is 16.5. The van der Waals surface area contributed by atoms with E-state index >= 15 is 0 Å². The molecule has 1 aromatic heterocycles. The maximum absolute atomic E-state index is 12.2. The van der Waals surface area contributed by atoms with E-state index in [0.717, 1.165) is 32.0 Å². The van der Waals surface area contributed by atoms with Gasteiger partial charge >= 0.3 is 5.97 Å². The number of likely N-dealkylation sites (tertiary alicyclic amines) is 1. The lowest BCUT2D eigenvalue weighted by molar-refractivity contribution is 0.0661. The van der Waals surface area contributed by atoms with Gasteiger partial charge in [0.2, 0.25) is 15.8 Å². The molecule has 0 aliphatic carbocycles. The van der Waals surface area contributed by atoms with Crippen molar-refractivity contribution in [2.24, 2.45) is 0 Å². The van der Waals surface area contributed by atoms with Crippen molar-refractivity contribution in [3.8, 4) is 0 Å². The molecule has 0 bridgehead atoms. The highest BCUT2D eigenvalue weighted by Gasteiger charge is 2.26. The van der Waals surface area contributed by atoms with Crippen molar-refractivity contribution in [3.63, 3.8) is 0 Å². The number of nitrogens with zero attached hydrogens (tertiary/aromatic N) is 1. The lowest BCUT2D eigenvalue weighted by Crippen LogP contribution is -2.40. The minimum Gasteiger partial charge on any atom is -0.475 e. The SMILES string of the molecule is CC(CNS(=O)(=O)c1cc(C(=O)O)oc1Br)N1CCCC1. The van der Waals surface area contributed by atoms with Gasteiger partial charge in [-0.1, -0.05) is 0 Å². The van der Waals surface area contributed by atoms with Gasteiger partial charge in [-0.15, -0.1) is 0 Å². The van der Waals surface area contributed by atoms with E-state index in [0.29, 0.717) is 0 Å². The second kappa shape index (κ2) is 6.47. The fourth-order valence-corrected chi connectivity index (χ4v) is 4.32. The Morgan fingerprint density at radius 1 is 1.52 bits per heavy atom. The zero-order valence-electron chi connectivity index (χ0n) is 11.5. The molecule has 0 radical (unpaired) electrons.